The van der Waals surface area contributed by atoms with Gasteiger partial charge in [-0.15, -0.1) is 0 Å². The zero-order valence-corrected chi connectivity index (χ0v) is 17.8. The SMILES string of the molecule is CCOc1ccc(-c2cc(=O)n(CCCC(=O)Nc3cccc4cccnc34)cn2)cc1. The van der Waals surface area contributed by atoms with Gasteiger partial charge >= 0.3 is 0 Å². The molecule has 2 heterocycles. The average molecular weight is 428 g/mol. The van der Waals surface area contributed by atoms with Crippen LogP contribution in [0.3, 0.4) is 0 Å². The number of anilines is 1. The van der Waals surface area contributed by atoms with Crippen LogP contribution in [0.15, 0.2) is 78.0 Å². The predicted octanol–water partition coefficient (Wildman–Crippen LogP) is 4.28. The summed E-state index contributed by atoms with van der Waals surface area (Å²) in [7, 11) is 0. The summed E-state index contributed by atoms with van der Waals surface area (Å²) >= 11 is 0. The number of amides is 1. The minimum Gasteiger partial charge on any atom is -0.494 e. The first-order chi connectivity index (χ1) is 15.6. The Kier molecular flexibility index (Phi) is 6.55. The van der Waals surface area contributed by atoms with Gasteiger partial charge in [-0.05, 0) is 49.7 Å². The Hall–Kier alpha value is -4.00. The molecule has 7 nitrogen and oxygen atoms in total. The van der Waals surface area contributed by atoms with Gasteiger partial charge in [-0.25, -0.2) is 4.98 Å². The van der Waals surface area contributed by atoms with Crippen LogP contribution >= 0.6 is 0 Å². The van der Waals surface area contributed by atoms with Crippen LogP contribution in [0.1, 0.15) is 19.8 Å². The summed E-state index contributed by atoms with van der Waals surface area (Å²) < 4.78 is 6.96. The molecule has 0 bridgehead atoms. The summed E-state index contributed by atoms with van der Waals surface area (Å²) in [6.07, 6.45) is 4.04. The van der Waals surface area contributed by atoms with Crippen molar-refractivity contribution in [2.75, 3.05) is 11.9 Å². The van der Waals surface area contributed by atoms with E-state index in [1.54, 1.807) is 6.20 Å². The Bertz CT molecular complexity index is 1280. The zero-order valence-electron chi connectivity index (χ0n) is 17.8. The molecule has 1 amide bonds. The fourth-order valence-corrected chi connectivity index (χ4v) is 3.47. The highest BCUT2D eigenvalue weighted by Gasteiger charge is 2.08. The van der Waals surface area contributed by atoms with Crippen LogP contribution in [-0.2, 0) is 11.3 Å². The summed E-state index contributed by atoms with van der Waals surface area (Å²) in [5.41, 5.74) is 2.75. The van der Waals surface area contributed by atoms with Gasteiger partial charge in [-0.2, -0.15) is 0 Å². The maximum absolute atomic E-state index is 12.5. The normalized spacial score (nSPS) is 10.8. The predicted molar refractivity (Wildman–Crippen MR) is 125 cm³/mol. The Morgan fingerprint density at radius 1 is 1.06 bits per heavy atom. The third-order valence-corrected chi connectivity index (χ3v) is 5.05. The van der Waals surface area contributed by atoms with Crippen LogP contribution in [0.5, 0.6) is 5.75 Å². The van der Waals surface area contributed by atoms with Crippen molar-refractivity contribution in [1.82, 2.24) is 14.5 Å². The Labute approximate surface area is 185 Å². The molecule has 4 aromatic rings. The van der Waals surface area contributed by atoms with Crippen molar-refractivity contribution in [3.8, 4) is 17.0 Å². The number of carbonyl (C=O) groups is 1. The highest BCUT2D eigenvalue weighted by Crippen LogP contribution is 2.21. The number of aromatic nitrogens is 3. The van der Waals surface area contributed by atoms with Crippen LogP contribution in [-0.4, -0.2) is 27.0 Å². The van der Waals surface area contributed by atoms with Gasteiger partial charge < -0.3 is 10.1 Å². The van der Waals surface area contributed by atoms with Crippen molar-refractivity contribution in [3.63, 3.8) is 0 Å². The van der Waals surface area contributed by atoms with E-state index in [1.165, 1.54) is 17.0 Å². The zero-order chi connectivity index (χ0) is 22.3. The molecule has 0 saturated heterocycles. The number of para-hydroxylation sites is 1. The first kappa shape index (κ1) is 21.2. The van der Waals surface area contributed by atoms with Crippen molar-refractivity contribution in [2.45, 2.75) is 26.3 Å². The molecule has 4 rings (SSSR count). The Morgan fingerprint density at radius 3 is 2.66 bits per heavy atom. The number of hydrogen-bond donors (Lipinski definition) is 1. The van der Waals surface area contributed by atoms with Gasteiger partial charge in [0, 0.05) is 36.2 Å². The average Bonchev–Trinajstić information content (AvgIpc) is 2.81. The lowest BCUT2D eigenvalue weighted by molar-refractivity contribution is -0.116. The monoisotopic (exact) mass is 428 g/mol. The molecule has 0 spiro atoms. The van der Waals surface area contributed by atoms with Crippen LogP contribution < -0.4 is 15.6 Å². The molecular formula is C25H24N4O3. The largest absolute Gasteiger partial charge is 0.494 e. The number of hydrogen-bond acceptors (Lipinski definition) is 5. The number of pyridine rings is 1. The number of carbonyl (C=O) groups excluding carboxylic acids is 1. The maximum atomic E-state index is 12.5. The van der Waals surface area contributed by atoms with E-state index in [9.17, 15) is 9.59 Å². The molecule has 2 aromatic carbocycles. The lowest BCUT2D eigenvalue weighted by atomic mass is 10.1. The number of nitrogens with one attached hydrogen (secondary N) is 1. The van der Waals surface area contributed by atoms with E-state index in [2.05, 4.69) is 15.3 Å². The molecule has 2 aromatic heterocycles. The van der Waals surface area contributed by atoms with Crippen molar-refractivity contribution in [3.05, 3.63) is 83.5 Å². The van der Waals surface area contributed by atoms with Gasteiger partial charge in [0.25, 0.3) is 5.56 Å². The van der Waals surface area contributed by atoms with E-state index in [0.29, 0.717) is 31.0 Å². The molecule has 1 N–H and O–H groups in total. The third-order valence-electron chi connectivity index (χ3n) is 5.05. The first-order valence-electron chi connectivity index (χ1n) is 10.6. The molecule has 0 aliphatic carbocycles. The van der Waals surface area contributed by atoms with E-state index in [0.717, 1.165) is 22.2 Å². The smallest absolute Gasteiger partial charge is 0.253 e. The third kappa shape index (κ3) is 5.00. The molecule has 0 radical (unpaired) electrons. The molecule has 0 fully saturated rings. The standard InChI is InChI=1S/C25H24N4O3/c1-2-32-20-12-10-18(11-13-20)22-16-24(31)29(17-27-22)15-5-9-23(30)28-21-8-3-6-19-7-4-14-26-25(19)21/h3-4,6-8,10-14,16-17H,2,5,9,15H2,1H3,(H,28,30). The summed E-state index contributed by atoms with van der Waals surface area (Å²) in [4.78, 5) is 33.6. The fourth-order valence-electron chi connectivity index (χ4n) is 3.47. The number of aryl methyl sites for hydroxylation is 1. The number of nitrogens with zero attached hydrogens (tertiary/aromatic N) is 3. The van der Waals surface area contributed by atoms with Gasteiger partial charge in [-0.1, -0.05) is 18.2 Å². The highest BCUT2D eigenvalue weighted by molar-refractivity contribution is 6.00. The van der Waals surface area contributed by atoms with Crippen LogP contribution in [0, 0.1) is 0 Å². The number of rotatable bonds is 8. The van der Waals surface area contributed by atoms with E-state index >= 15 is 0 Å². The molecule has 0 saturated carbocycles. The van der Waals surface area contributed by atoms with Crippen LogP contribution in [0.2, 0.25) is 0 Å². The minimum atomic E-state index is -0.150. The van der Waals surface area contributed by atoms with Gasteiger partial charge in [-0.3, -0.25) is 19.1 Å². The van der Waals surface area contributed by atoms with Gasteiger partial charge in [0.15, 0.2) is 0 Å². The number of ether oxygens (including phenoxy) is 1. The minimum absolute atomic E-state index is 0.116. The van der Waals surface area contributed by atoms with Crippen molar-refractivity contribution < 1.29 is 9.53 Å². The maximum Gasteiger partial charge on any atom is 0.253 e. The number of fused-ring (bicyclic) bond motifs is 1. The van der Waals surface area contributed by atoms with Crippen molar-refractivity contribution in [1.29, 1.82) is 0 Å². The molecular weight excluding hydrogens is 404 g/mol. The molecule has 0 aliphatic rings. The van der Waals surface area contributed by atoms with Crippen molar-refractivity contribution >= 4 is 22.5 Å². The summed E-state index contributed by atoms with van der Waals surface area (Å²) in [5.74, 6) is 0.664. The van der Waals surface area contributed by atoms with Gasteiger partial charge in [0.2, 0.25) is 5.91 Å². The fraction of sp³-hybridized carbons (Fsp3) is 0.200. The molecule has 0 atom stereocenters. The summed E-state index contributed by atoms with van der Waals surface area (Å²) in [6, 6.07) is 18.5. The van der Waals surface area contributed by atoms with Crippen LogP contribution in [0.25, 0.3) is 22.2 Å². The second kappa shape index (κ2) is 9.87. The Balaban J connectivity index is 1.34. The van der Waals surface area contributed by atoms with E-state index in [1.807, 2.05) is 61.5 Å². The van der Waals surface area contributed by atoms with Crippen LogP contribution in [0.4, 0.5) is 5.69 Å². The second-order valence-electron chi connectivity index (χ2n) is 7.30. The lowest BCUT2D eigenvalue weighted by Gasteiger charge is -2.09. The molecule has 7 heteroatoms. The summed E-state index contributed by atoms with van der Waals surface area (Å²) in [5, 5.41) is 3.88. The topological polar surface area (TPSA) is 86.1 Å². The first-order valence-corrected chi connectivity index (χ1v) is 10.6. The highest BCUT2D eigenvalue weighted by atomic mass is 16.5. The van der Waals surface area contributed by atoms with Crippen molar-refractivity contribution in [2.24, 2.45) is 0 Å². The van der Waals surface area contributed by atoms with E-state index in [-0.39, 0.29) is 17.9 Å². The lowest BCUT2D eigenvalue weighted by Crippen LogP contribution is -2.21. The molecule has 0 aliphatic heterocycles. The van der Waals surface area contributed by atoms with Gasteiger partial charge in [0.05, 0.1) is 29.8 Å². The van der Waals surface area contributed by atoms with E-state index in [4.69, 9.17) is 4.74 Å². The summed E-state index contributed by atoms with van der Waals surface area (Å²) in [6.45, 7) is 2.95. The second-order valence-corrected chi connectivity index (χ2v) is 7.30. The van der Waals surface area contributed by atoms with Gasteiger partial charge in [0.1, 0.15) is 5.75 Å². The Morgan fingerprint density at radius 2 is 1.88 bits per heavy atom. The molecule has 162 valence electrons. The quantitative estimate of drug-likeness (QED) is 0.453. The van der Waals surface area contributed by atoms with E-state index < -0.39 is 0 Å². The molecule has 0 unspecified atom stereocenters. The number of benzene rings is 2. The molecule has 32 heavy (non-hydrogen) atoms.